The van der Waals surface area contributed by atoms with Gasteiger partial charge in [0.1, 0.15) is 0 Å². The second-order valence-corrected chi connectivity index (χ2v) is 3.80. The van der Waals surface area contributed by atoms with Crippen molar-refractivity contribution in [2.24, 2.45) is 0 Å². The van der Waals surface area contributed by atoms with E-state index in [0.717, 1.165) is 12.1 Å². The molecule has 100 valence electrons. The number of halogens is 3. The molecule has 0 heterocycles. The zero-order valence-electron chi connectivity index (χ0n) is 10.1. The lowest BCUT2D eigenvalue weighted by Gasteiger charge is -2.07. The van der Waals surface area contributed by atoms with E-state index < -0.39 is 11.7 Å². The van der Waals surface area contributed by atoms with Gasteiger partial charge in [0.25, 0.3) is 0 Å². The zero-order valence-corrected chi connectivity index (χ0v) is 10.1. The number of ketones is 1. The highest BCUT2D eigenvalue weighted by atomic mass is 19.4. The average Bonchev–Trinajstić information content (AvgIpc) is 2.33. The van der Waals surface area contributed by atoms with E-state index in [1.54, 1.807) is 0 Å². The largest absolute Gasteiger partial charge is 0.416 e. The summed E-state index contributed by atoms with van der Waals surface area (Å²) in [6.07, 6.45) is -3.50. The lowest BCUT2D eigenvalue weighted by atomic mass is 10.0. The average molecular weight is 260 g/mol. The van der Waals surface area contributed by atoms with Crippen molar-refractivity contribution in [1.29, 1.82) is 0 Å². The summed E-state index contributed by atoms with van der Waals surface area (Å²) >= 11 is 0. The molecule has 18 heavy (non-hydrogen) atoms. The Morgan fingerprint density at radius 1 is 1.22 bits per heavy atom. The number of carbonyl (C=O) groups excluding carboxylic acids is 1. The molecule has 0 aliphatic carbocycles. The number of benzene rings is 1. The summed E-state index contributed by atoms with van der Waals surface area (Å²) < 4.78 is 42.0. The quantitative estimate of drug-likeness (QED) is 0.575. The summed E-state index contributed by atoms with van der Waals surface area (Å²) in [6, 6.07) is 4.28. The molecular formula is C13H15F3O2. The van der Waals surface area contributed by atoms with Crippen LogP contribution in [-0.2, 0) is 10.9 Å². The van der Waals surface area contributed by atoms with Crippen LogP contribution < -0.4 is 0 Å². The summed E-state index contributed by atoms with van der Waals surface area (Å²) in [5.74, 6) is -0.163. The first kappa shape index (κ1) is 14.7. The van der Waals surface area contributed by atoms with Crippen molar-refractivity contribution in [1.82, 2.24) is 0 Å². The third kappa shape index (κ3) is 4.49. The predicted molar refractivity (Wildman–Crippen MR) is 61.5 cm³/mol. The molecule has 0 radical (unpaired) electrons. The van der Waals surface area contributed by atoms with Crippen LogP contribution in [0.4, 0.5) is 13.2 Å². The minimum Gasteiger partial charge on any atom is -0.382 e. The smallest absolute Gasteiger partial charge is 0.382 e. The van der Waals surface area contributed by atoms with Crippen LogP contribution >= 0.6 is 0 Å². The summed E-state index contributed by atoms with van der Waals surface area (Å²) in [4.78, 5) is 11.6. The van der Waals surface area contributed by atoms with Gasteiger partial charge in [-0.15, -0.1) is 0 Å². The summed E-state index contributed by atoms with van der Waals surface area (Å²) in [5.41, 5.74) is -0.437. The van der Waals surface area contributed by atoms with Crippen molar-refractivity contribution in [3.63, 3.8) is 0 Å². The first-order chi connectivity index (χ1) is 8.45. The van der Waals surface area contributed by atoms with Crippen LogP contribution in [0.5, 0.6) is 0 Å². The van der Waals surface area contributed by atoms with E-state index in [0.29, 0.717) is 25.2 Å². The number of rotatable bonds is 6. The Hall–Kier alpha value is -1.36. The molecule has 0 N–H and O–H groups in total. The van der Waals surface area contributed by atoms with Gasteiger partial charge in [0.05, 0.1) is 5.56 Å². The molecule has 0 aliphatic heterocycles. The fourth-order valence-electron chi connectivity index (χ4n) is 1.47. The number of ether oxygens (including phenoxy) is 1. The molecule has 1 aromatic rings. The van der Waals surface area contributed by atoms with Gasteiger partial charge >= 0.3 is 6.18 Å². The number of hydrogen-bond donors (Lipinski definition) is 0. The molecule has 0 atom stereocenters. The maximum absolute atomic E-state index is 12.3. The van der Waals surface area contributed by atoms with E-state index in [9.17, 15) is 18.0 Å². The third-order valence-corrected chi connectivity index (χ3v) is 2.43. The monoisotopic (exact) mass is 260 g/mol. The molecule has 0 amide bonds. The first-order valence-electron chi connectivity index (χ1n) is 5.73. The Balaban J connectivity index is 2.54. The second kappa shape index (κ2) is 6.54. The topological polar surface area (TPSA) is 26.3 Å². The third-order valence-electron chi connectivity index (χ3n) is 2.43. The van der Waals surface area contributed by atoms with Crippen LogP contribution in [0, 0.1) is 0 Å². The SMILES string of the molecule is CCOCCCC(=O)c1ccc(C(F)(F)F)cc1. The van der Waals surface area contributed by atoms with E-state index in [4.69, 9.17) is 4.74 Å². The molecule has 0 spiro atoms. The number of carbonyl (C=O) groups is 1. The maximum atomic E-state index is 12.3. The van der Waals surface area contributed by atoms with Gasteiger partial charge in [-0.1, -0.05) is 12.1 Å². The van der Waals surface area contributed by atoms with Gasteiger partial charge in [-0.2, -0.15) is 13.2 Å². The lowest BCUT2D eigenvalue weighted by Crippen LogP contribution is -2.06. The van der Waals surface area contributed by atoms with Gasteiger partial charge in [-0.25, -0.2) is 0 Å². The van der Waals surface area contributed by atoms with Gasteiger partial charge in [0.15, 0.2) is 5.78 Å². The number of alkyl halides is 3. The molecule has 0 fully saturated rings. The highest BCUT2D eigenvalue weighted by Crippen LogP contribution is 2.29. The Morgan fingerprint density at radius 3 is 2.33 bits per heavy atom. The molecule has 2 nitrogen and oxygen atoms in total. The van der Waals surface area contributed by atoms with Crippen molar-refractivity contribution < 1.29 is 22.7 Å². The van der Waals surface area contributed by atoms with Crippen LogP contribution in [0.2, 0.25) is 0 Å². The minimum absolute atomic E-state index is 0.163. The highest BCUT2D eigenvalue weighted by molar-refractivity contribution is 5.96. The molecule has 0 saturated heterocycles. The second-order valence-electron chi connectivity index (χ2n) is 3.80. The van der Waals surface area contributed by atoms with Crippen molar-refractivity contribution in [3.05, 3.63) is 35.4 Å². The van der Waals surface area contributed by atoms with Gasteiger partial charge in [0.2, 0.25) is 0 Å². The minimum atomic E-state index is -4.36. The van der Waals surface area contributed by atoms with Crippen molar-refractivity contribution >= 4 is 5.78 Å². The summed E-state index contributed by atoms with van der Waals surface area (Å²) in [5, 5.41) is 0. The summed E-state index contributed by atoms with van der Waals surface area (Å²) in [6.45, 7) is 2.94. The Kier molecular flexibility index (Phi) is 5.34. The molecule has 0 aromatic heterocycles. The van der Waals surface area contributed by atoms with Crippen LogP contribution in [-0.4, -0.2) is 19.0 Å². The fraction of sp³-hybridized carbons (Fsp3) is 0.462. The molecular weight excluding hydrogens is 245 g/mol. The molecule has 1 aromatic carbocycles. The van der Waals surface area contributed by atoms with Crippen molar-refractivity contribution in [2.45, 2.75) is 25.9 Å². The Morgan fingerprint density at radius 2 is 1.83 bits per heavy atom. The van der Waals surface area contributed by atoms with Crippen LogP contribution in [0.1, 0.15) is 35.7 Å². The normalized spacial score (nSPS) is 11.6. The molecule has 5 heteroatoms. The fourth-order valence-corrected chi connectivity index (χ4v) is 1.47. The van der Waals surface area contributed by atoms with Crippen molar-refractivity contribution in [3.8, 4) is 0 Å². The van der Waals surface area contributed by atoms with Crippen LogP contribution in [0.3, 0.4) is 0 Å². The van der Waals surface area contributed by atoms with Gasteiger partial charge in [-0.05, 0) is 25.5 Å². The van der Waals surface area contributed by atoms with E-state index in [2.05, 4.69) is 0 Å². The summed E-state index contributed by atoms with van der Waals surface area (Å²) in [7, 11) is 0. The maximum Gasteiger partial charge on any atom is 0.416 e. The van der Waals surface area contributed by atoms with Crippen LogP contribution in [0.15, 0.2) is 24.3 Å². The van der Waals surface area contributed by atoms with Gasteiger partial charge in [-0.3, -0.25) is 4.79 Å². The molecule has 1 rings (SSSR count). The highest BCUT2D eigenvalue weighted by Gasteiger charge is 2.30. The number of hydrogen-bond acceptors (Lipinski definition) is 2. The van der Waals surface area contributed by atoms with Crippen molar-refractivity contribution in [2.75, 3.05) is 13.2 Å². The number of Topliss-reactive ketones (excluding diaryl/α,β-unsaturated/α-hetero) is 1. The first-order valence-corrected chi connectivity index (χ1v) is 5.73. The Bertz CT molecular complexity index is 382. The Labute approximate surface area is 104 Å². The predicted octanol–water partition coefficient (Wildman–Crippen LogP) is 3.70. The zero-order chi connectivity index (χ0) is 13.6. The van der Waals surface area contributed by atoms with E-state index in [1.807, 2.05) is 6.92 Å². The van der Waals surface area contributed by atoms with E-state index >= 15 is 0 Å². The van der Waals surface area contributed by atoms with Crippen LogP contribution in [0.25, 0.3) is 0 Å². The molecule has 0 bridgehead atoms. The lowest BCUT2D eigenvalue weighted by molar-refractivity contribution is -0.137. The van der Waals surface area contributed by atoms with E-state index in [1.165, 1.54) is 12.1 Å². The molecule has 0 aliphatic rings. The molecule has 0 unspecified atom stereocenters. The van der Waals surface area contributed by atoms with Gasteiger partial charge in [0, 0.05) is 25.2 Å². The standard InChI is InChI=1S/C13H15F3O2/c1-2-18-9-3-4-12(17)10-5-7-11(8-6-10)13(14,15)16/h5-8H,2-4,9H2,1H3. The van der Waals surface area contributed by atoms with E-state index in [-0.39, 0.29) is 12.2 Å². The molecule has 0 saturated carbocycles. The van der Waals surface area contributed by atoms with Gasteiger partial charge < -0.3 is 4.74 Å².